The van der Waals surface area contributed by atoms with Gasteiger partial charge in [0.25, 0.3) is 0 Å². The highest BCUT2D eigenvalue weighted by atomic mass is 16.4. The Morgan fingerprint density at radius 3 is 2.64 bits per heavy atom. The van der Waals surface area contributed by atoms with E-state index in [0.29, 0.717) is 11.4 Å². The standard InChI is InChI=1S/C18H17NO3/c1-2-13-6-5-7-14(12-13)16(10-11-20)19-17-9-4-3-8-15(17)18(21)22/h3-9,11-12H,2,10H2,1H3,(H,21,22). The Kier molecular flexibility index (Phi) is 5.20. The maximum absolute atomic E-state index is 11.3. The van der Waals surface area contributed by atoms with E-state index in [1.807, 2.05) is 24.3 Å². The molecule has 0 atom stereocenters. The van der Waals surface area contributed by atoms with Gasteiger partial charge in [-0.1, -0.05) is 37.3 Å². The fourth-order valence-corrected chi connectivity index (χ4v) is 2.18. The second-order valence-corrected chi connectivity index (χ2v) is 4.81. The van der Waals surface area contributed by atoms with Gasteiger partial charge in [0.2, 0.25) is 0 Å². The zero-order valence-electron chi connectivity index (χ0n) is 12.3. The molecule has 2 rings (SSSR count). The maximum Gasteiger partial charge on any atom is 0.337 e. The second-order valence-electron chi connectivity index (χ2n) is 4.81. The van der Waals surface area contributed by atoms with Gasteiger partial charge in [0.1, 0.15) is 6.29 Å². The van der Waals surface area contributed by atoms with Crippen molar-refractivity contribution in [1.82, 2.24) is 0 Å². The van der Waals surface area contributed by atoms with Gasteiger partial charge in [-0.15, -0.1) is 0 Å². The number of nitrogens with zero attached hydrogens (tertiary/aromatic N) is 1. The van der Waals surface area contributed by atoms with Crippen molar-refractivity contribution < 1.29 is 14.7 Å². The molecule has 22 heavy (non-hydrogen) atoms. The molecule has 0 saturated carbocycles. The summed E-state index contributed by atoms with van der Waals surface area (Å²) in [6.07, 6.45) is 1.80. The Morgan fingerprint density at radius 1 is 1.18 bits per heavy atom. The maximum atomic E-state index is 11.3. The van der Waals surface area contributed by atoms with Crippen LogP contribution in [0.5, 0.6) is 0 Å². The van der Waals surface area contributed by atoms with Crippen LogP contribution in [-0.2, 0) is 11.2 Å². The molecular formula is C18H17NO3. The van der Waals surface area contributed by atoms with Crippen LogP contribution in [0.3, 0.4) is 0 Å². The number of rotatable bonds is 6. The minimum Gasteiger partial charge on any atom is -0.478 e. The van der Waals surface area contributed by atoms with E-state index in [1.54, 1.807) is 18.2 Å². The molecule has 0 aliphatic heterocycles. The first kappa shape index (κ1) is 15.6. The van der Waals surface area contributed by atoms with Gasteiger partial charge in [-0.3, -0.25) is 4.99 Å². The molecule has 2 aromatic carbocycles. The third-order valence-corrected chi connectivity index (χ3v) is 3.34. The largest absolute Gasteiger partial charge is 0.478 e. The third-order valence-electron chi connectivity index (χ3n) is 3.34. The molecule has 0 spiro atoms. The fourth-order valence-electron chi connectivity index (χ4n) is 2.18. The Bertz CT molecular complexity index is 720. The van der Waals surface area contributed by atoms with Crippen LogP contribution in [0.25, 0.3) is 0 Å². The molecule has 4 heteroatoms. The summed E-state index contributed by atoms with van der Waals surface area (Å²) in [4.78, 5) is 26.6. The van der Waals surface area contributed by atoms with E-state index in [-0.39, 0.29) is 12.0 Å². The number of hydrogen-bond acceptors (Lipinski definition) is 3. The van der Waals surface area contributed by atoms with Gasteiger partial charge in [-0.2, -0.15) is 0 Å². The number of carboxylic acid groups (broad SMARTS) is 1. The number of carbonyl (C=O) groups is 2. The Morgan fingerprint density at radius 2 is 1.95 bits per heavy atom. The molecule has 0 amide bonds. The van der Waals surface area contributed by atoms with Crippen LogP contribution in [-0.4, -0.2) is 23.1 Å². The van der Waals surface area contributed by atoms with E-state index in [1.165, 1.54) is 6.07 Å². The summed E-state index contributed by atoms with van der Waals surface area (Å²) in [5.74, 6) is -1.04. The van der Waals surface area contributed by atoms with Crippen molar-refractivity contribution in [1.29, 1.82) is 0 Å². The lowest BCUT2D eigenvalue weighted by Crippen LogP contribution is -2.04. The van der Waals surface area contributed by atoms with Crippen LogP contribution in [0, 0.1) is 0 Å². The van der Waals surface area contributed by atoms with E-state index in [9.17, 15) is 14.7 Å². The fraction of sp³-hybridized carbons (Fsp3) is 0.167. The molecule has 4 nitrogen and oxygen atoms in total. The van der Waals surface area contributed by atoms with Crippen molar-refractivity contribution in [2.24, 2.45) is 4.99 Å². The smallest absolute Gasteiger partial charge is 0.337 e. The summed E-state index contributed by atoms with van der Waals surface area (Å²) in [6.45, 7) is 2.05. The van der Waals surface area contributed by atoms with Gasteiger partial charge in [0, 0.05) is 6.42 Å². The van der Waals surface area contributed by atoms with E-state index in [4.69, 9.17) is 0 Å². The first-order valence-electron chi connectivity index (χ1n) is 7.08. The van der Waals surface area contributed by atoms with Crippen molar-refractivity contribution in [3.05, 3.63) is 65.2 Å². The lowest BCUT2D eigenvalue weighted by atomic mass is 10.0. The van der Waals surface area contributed by atoms with Gasteiger partial charge in [0.05, 0.1) is 17.0 Å². The summed E-state index contributed by atoms with van der Waals surface area (Å²) >= 11 is 0. The molecule has 0 aromatic heterocycles. The molecule has 0 bridgehead atoms. The van der Waals surface area contributed by atoms with E-state index < -0.39 is 5.97 Å². The lowest BCUT2D eigenvalue weighted by molar-refractivity contribution is -0.106. The third kappa shape index (κ3) is 3.67. The van der Waals surface area contributed by atoms with Crippen LogP contribution in [0.4, 0.5) is 5.69 Å². The number of carboxylic acids is 1. The highest BCUT2D eigenvalue weighted by Gasteiger charge is 2.10. The minimum absolute atomic E-state index is 0.123. The Hall–Kier alpha value is -2.75. The number of aryl methyl sites for hydroxylation is 1. The van der Waals surface area contributed by atoms with E-state index >= 15 is 0 Å². The molecule has 0 aliphatic rings. The summed E-state index contributed by atoms with van der Waals surface area (Å²) < 4.78 is 0. The number of carbonyl (C=O) groups excluding carboxylic acids is 1. The Labute approximate surface area is 129 Å². The molecule has 1 N–H and O–H groups in total. The van der Waals surface area contributed by atoms with Crippen LogP contribution in [0.15, 0.2) is 53.5 Å². The monoisotopic (exact) mass is 295 g/mol. The van der Waals surface area contributed by atoms with Crippen LogP contribution in [0.2, 0.25) is 0 Å². The second kappa shape index (κ2) is 7.31. The topological polar surface area (TPSA) is 66.7 Å². The van der Waals surface area contributed by atoms with Crippen LogP contribution >= 0.6 is 0 Å². The van der Waals surface area contributed by atoms with E-state index in [2.05, 4.69) is 11.9 Å². The molecule has 0 saturated heterocycles. The number of aliphatic imine (C=N–C) groups is 1. The molecule has 0 unspecified atom stereocenters. The van der Waals surface area contributed by atoms with Crippen LogP contribution in [0.1, 0.15) is 34.8 Å². The zero-order chi connectivity index (χ0) is 15.9. The number of benzene rings is 2. The number of aldehydes is 1. The van der Waals surface area contributed by atoms with Gasteiger partial charge in [-0.05, 0) is 35.7 Å². The summed E-state index contributed by atoms with van der Waals surface area (Å²) in [5.41, 5.74) is 3.03. The molecule has 0 heterocycles. The average molecular weight is 295 g/mol. The van der Waals surface area contributed by atoms with Crippen molar-refractivity contribution in [3.63, 3.8) is 0 Å². The van der Waals surface area contributed by atoms with Crippen molar-refractivity contribution in [2.45, 2.75) is 19.8 Å². The molecule has 2 aromatic rings. The van der Waals surface area contributed by atoms with Crippen LogP contribution < -0.4 is 0 Å². The van der Waals surface area contributed by atoms with Crippen molar-refractivity contribution in [2.75, 3.05) is 0 Å². The predicted octanol–water partition coefficient (Wildman–Crippen LogP) is 3.66. The quantitative estimate of drug-likeness (QED) is 0.653. The Balaban J connectivity index is 2.51. The average Bonchev–Trinajstić information content (AvgIpc) is 2.55. The first-order chi connectivity index (χ1) is 10.7. The molecule has 112 valence electrons. The SMILES string of the molecule is CCc1cccc(C(CC=O)=Nc2ccccc2C(=O)O)c1. The minimum atomic E-state index is -1.04. The normalized spacial score (nSPS) is 11.2. The molecular weight excluding hydrogens is 278 g/mol. The highest BCUT2D eigenvalue weighted by Crippen LogP contribution is 2.21. The number of para-hydroxylation sites is 1. The lowest BCUT2D eigenvalue weighted by Gasteiger charge is -2.07. The first-order valence-corrected chi connectivity index (χ1v) is 7.08. The van der Waals surface area contributed by atoms with E-state index in [0.717, 1.165) is 23.8 Å². The number of hydrogen-bond donors (Lipinski definition) is 1. The highest BCUT2D eigenvalue weighted by molar-refractivity contribution is 6.08. The summed E-state index contributed by atoms with van der Waals surface area (Å²) in [5, 5.41) is 9.22. The van der Waals surface area contributed by atoms with Crippen molar-refractivity contribution in [3.8, 4) is 0 Å². The zero-order valence-corrected chi connectivity index (χ0v) is 12.3. The summed E-state index contributed by atoms with van der Waals surface area (Å²) in [6, 6.07) is 14.3. The van der Waals surface area contributed by atoms with Crippen molar-refractivity contribution >= 4 is 23.7 Å². The molecule has 0 radical (unpaired) electrons. The number of aromatic carboxylic acids is 1. The predicted molar refractivity (Wildman–Crippen MR) is 86.1 cm³/mol. The van der Waals surface area contributed by atoms with Gasteiger partial charge in [-0.25, -0.2) is 4.79 Å². The molecule has 0 fully saturated rings. The summed E-state index contributed by atoms with van der Waals surface area (Å²) in [7, 11) is 0. The van der Waals surface area contributed by atoms with Gasteiger partial charge < -0.3 is 9.90 Å². The van der Waals surface area contributed by atoms with Gasteiger partial charge >= 0.3 is 5.97 Å². The van der Waals surface area contributed by atoms with Gasteiger partial charge in [0.15, 0.2) is 0 Å². The molecule has 0 aliphatic carbocycles.